The first-order valence-corrected chi connectivity index (χ1v) is 6.14. The summed E-state index contributed by atoms with van der Waals surface area (Å²) >= 11 is 0. The zero-order valence-corrected chi connectivity index (χ0v) is 10.8. The molecule has 2 rings (SSSR count). The Morgan fingerprint density at radius 1 is 1.33 bits per heavy atom. The van der Waals surface area contributed by atoms with E-state index < -0.39 is 0 Å². The van der Waals surface area contributed by atoms with Crippen molar-refractivity contribution in [3.8, 4) is 5.75 Å². The maximum Gasteiger partial charge on any atom is 0.334 e. The van der Waals surface area contributed by atoms with E-state index in [1.807, 2.05) is 31.2 Å². The molecular formula is C15H18O3. The zero-order chi connectivity index (χ0) is 13.1. The van der Waals surface area contributed by atoms with E-state index in [2.05, 4.69) is 6.58 Å². The van der Waals surface area contributed by atoms with Gasteiger partial charge in [0.15, 0.2) is 0 Å². The van der Waals surface area contributed by atoms with E-state index in [-0.39, 0.29) is 18.0 Å². The van der Waals surface area contributed by atoms with E-state index in [4.69, 9.17) is 9.47 Å². The van der Waals surface area contributed by atoms with Crippen molar-refractivity contribution in [1.29, 1.82) is 0 Å². The van der Waals surface area contributed by atoms with Gasteiger partial charge in [-0.15, -0.1) is 0 Å². The van der Waals surface area contributed by atoms with E-state index in [1.165, 1.54) is 5.56 Å². The Labute approximate surface area is 107 Å². The lowest BCUT2D eigenvalue weighted by atomic mass is 9.95. The lowest BCUT2D eigenvalue weighted by Gasteiger charge is -2.13. The normalized spacial score (nSPS) is 23.0. The van der Waals surface area contributed by atoms with Crippen molar-refractivity contribution in [2.45, 2.75) is 25.9 Å². The molecule has 18 heavy (non-hydrogen) atoms. The van der Waals surface area contributed by atoms with Crippen molar-refractivity contribution in [3.63, 3.8) is 0 Å². The van der Waals surface area contributed by atoms with Crippen LogP contribution in [-0.4, -0.2) is 19.2 Å². The molecule has 2 atom stereocenters. The van der Waals surface area contributed by atoms with Crippen LogP contribution >= 0.6 is 0 Å². The summed E-state index contributed by atoms with van der Waals surface area (Å²) in [5.41, 5.74) is 1.81. The second kappa shape index (κ2) is 5.25. The van der Waals surface area contributed by atoms with Crippen molar-refractivity contribution in [3.05, 3.63) is 42.0 Å². The zero-order valence-electron chi connectivity index (χ0n) is 10.8. The molecule has 1 aromatic carbocycles. The van der Waals surface area contributed by atoms with E-state index in [0.717, 1.165) is 18.6 Å². The summed E-state index contributed by atoms with van der Waals surface area (Å²) in [5, 5.41) is 0. The molecule has 1 fully saturated rings. The van der Waals surface area contributed by atoms with Crippen LogP contribution in [0.25, 0.3) is 0 Å². The fraction of sp³-hybridized carbons (Fsp3) is 0.400. The van der Waals surface area contributed by atoms with Gasteiger partial charge in [0, 0.05) is 11.5 Å². The monoisotopic (exact) mass is 246 g/mol. The standard InChI is InChI=1S/C15H18O3/c1-10-11(2)15(16)18-14(10)9-6-12-4-7-13(17-3)8-5-12/h4-5,7-8,10,14H,2,6,9H2,1,3H3/t10-,14+/m0/s1. The number of cyclic esters (lactones) is 1. The Bertz CT molecular complexity index is 447. The molecule has 0 aromatic heterocycles. The van der Waals surface area contributed by atoms with Gasteiger partial charge in [0.1, 0.15) is 11.9 Å². The molecule has 1 aliphatic heterocycles. The van der Waals surface area contributed by atoms with Gasteiger partial charge in [0.2, 0.25) is 0 Å². The minimum absolute atomic E-state index is 0.0351. The quantitative estimate of drug-likeness (QED) is 0.605. The summed E-state index contributed by atoms with van der Waals surface area (Å²) in [7, 11) is 1.65. The van der Waals surface area contributed by atoms with Crippen molar-refractivity contribution in [2.24, 2.45) is 5.92 Å². The Morgan fingerprint density at radius 2 is 2.00 bits per heavy atom. The summed E-state index contributed by atoms with van der Waals surface area (Å²) in [6.07, 6.45) is 1.68. The summed E-state index contributed by atoms with van der Waals surface area (Å²) in [6, 6.07) is 7.96. The highest BCUT2D eigenvalue weighted by atomic mass is 16.6. The van der Waals surface area contributed by atoms with Crippen LogP contribution in [-0.2, 0) is 16.0 Å². The first kappa shape index (κ1) is 12.7. The topological polar surface area (TPSA) is 35.5 Å². The average Bonchev–Trinajstić information content (AvgIpc) is 2.64. The number of benzene rings is 1. The van der Waals surface area contributed by atoms with Crippen LogP contribution in [0.1, 0.15) is 18.9 Å². The first-order chi connectivity index (χ1) is 8.61. The third-order valence-corrected chi connectivity index (χ3v) is 3.50. The first-order valence-electron chi connectivity index (χ1n) is 6.14. The molecule has 0 unspecified atom stereocenters. The molecule has 1 aromatic rings. The molecule has 1 aliphatic rings. The van der Waals surface area contributed by atoms with Gasteiger partial charge in [-0.3, -0.25) is 0 Å². The molecular weight excluding hydrogens is 228 g/mol. The van der Waals surface area contributed by atoms with Gasteiger partial charge in [0.05, 0.1) is 7.11 Å². The highest BCUT2D eigenvalue weighted by Gasteiger charge is 2.34. The van der Waals surface area contributed by atoms with Crippen molar-refractivity contribution in [2.75, 3.05) is 7.11 Å². The lowest BCUT2D eigenvalue weighted by Crippen LogP contribution is -2.14. The van der Waals surface area contributed by atoms with Crippen LogP contribution in [0.4, 0.5) is 0 Å². The molecule has 3 nitrogen and oxygen atoms in total. The molecule has 96 valence electrons. The van der Waals surface area contributed by atoms with Crippen LogP contribution in [0.2, 0.25) is 0 Å². The molecule has 0 aliphatic carbocycles. The van der Waals surface area contributed by atoms with Crippen LogP contribution < -0.4 is 4.74 Å². The van der Waals surface area contributed by atoms with E-state index in [0.29, 0.717) is 5.57 Å². The summed E-state index contributed by atoms with van der Waals surface area (Å²) in [4.78, 5) is 11.4. The van der Waals surface area contributed by atoms with Crippen molar-refractivity contribution < 1.29 is 14.3 Å². The number of methoxy groups -OCH3 is 1. The molecule has 0 bridgehead atoms. The van der Waals surface area contributed by atoms with Gasteiger partial charge in [-0.25, -0.2) is 4.79 Å². The van der Waals surface area contributed by atoms with Crippen molar-refractivity contribution >= 4 is 5.97 Å². The van der Waals surface area contributed by atoms with E-state index in [9.17, 15) is 4.79 Å². The third-order valence-electron chi connectivity index (χ3n) is 3.50. The minimum Gasteiger partial charge on any atom is -0.497 e. The molecule has 3 heteroatoms. The Hall–Kier alpha value is -1.77. The Morgan fingerprint density at radius 3 is 2.50 bits per heavy atom. The summed E-state index contributed by atoms with van der Waals surface area (Å²) in [6.45, 7) is 5.75. The molecule has 0 amide bonds. The van der Waals surface area contributed by atoms with E-state index in [1.54, 1.807) is 7.11 Å². The SMILES string of the molecule is C=C1C(=O)O[C@H](CCc2ccc(OC)cc2)[C@H]1C. The van der Waals surface area contributed by atoms with Crippen LogP contribution in [0.15, 0.2) is 36.4 Å². The van der Waals surface area contributed by atoms with Crippen LogP contribution in [0.5, 0.6) is 5.75 Å². The van der Waals surface area contributed by atoms with Gasteiger partial charge in [-0.05, 0) is 30.5 Å². The molecule has 0 radical (unpaired) electrons. The third kappa shape index (κ3) is 2.55. The van der Waals surface area contributed by atoms with E-state index >= 15 is 0 Å². The predicted molar refractivity (Wildman–Crippen MR) is 69.5 cm³/mol. The Kier molecular flexibility index (Phi) is 3.70. The van der Waals surface area contributed by atoms with Gasteiger partial charge in [-0.1, -0.05) is 25.6 Å². The summed E-state index contributed by atoms with van der Waals surface area (Å²) in [5.74, 6) is 0.728. The highest BCUT2D eigenvalue weighted by Crippen LogP contribution is 2.29. The van der Waals surface area contributed by atoms with Crippen molar-refractivity contribution in [1.82, 2.24) is 0 Å². The number of hydrogen-bond donors (Lipinski definition) is 0. The maximum atomic E-state index is 11.4. The fourth-order valence-corrected chi connectivity index (χ4v) is 2.14. The van der Waals surface area contributed by atoms with Gasteiger partial charge >= 0.3 is 5.97 Å². The smallest absolute Gasteiger partial charge is 0.334 e. The largest absolute Gasteiger partial charge is 0.497 e. The fourth-order valence-electron chi connectivity index (χ4n) is 2.14. The number of rotatable bonds is 4. The second-order valence-electron chi connectivity index (χ2n) is 4.64. The number of esters is 1. The average molecular weight is 246 g/mol. The minimum atomic E-state index is -0.248. The van der Waals surface area contributed by atoms with Crippen LogP contribution in [0.3, 0.4) is 0 Å². The second-order valence-corrected chi connectivity index (χ2v) is 4.64. The number of carbonyl (C=O) groups is 1. The molecule has 1 heterocycles. The van der Waals surface area contributed by atoms with Gasteiger partial charge in [0.25, 0.3) is 0 Å². The Balaban J connectivity index is 1.91. The van der Waals surface area contributed by atoms with Gasteiger partial charge < -0.3 is 9.47 Å². The molecule has 1 saturated heterocycles. The van der Waals surface area contributed by atoms with Gasteiger partial charge in [-0.2, -0.15) is 0 Å². The molecule has 0 spiro atoms. The number of carbonyl (C=O) groups excluding carboxylic acids is 1. The highest BCUT2D eigenvalue weighted by molar-refractivity contribution is 5.90. The maximum absolute atomic E-state index is 11.4. The lowest BCUT2D eigenvalue weighted by molar-refractivity contribution is -0.139. The molecule has 0 saturated carbocycles. The van der Waals surface area contributed by atoms with Crippen LogP contribution in [0, 0.1) is 5.92 Å². The number of ether oxygens (including phenoxy) is 2. The molecule has 0 N–H and O–H groups in total. The number of aryl methyl sites for hydroxylation is 1. The predicted octanol–water partition coefficient (Wildman–Crippen LogP) is 2.75. The number of hydrogen-bond acceptors (Lipinski definition) is 3. The summed E-state index contributed by atoms with van der Waals surface area (Å²) < 4.78 is 10.4.